The van der Waals surface area contributed by atoms with Gasteiger partial charge >= 0.3 is 12.2 Å². The first-order chi connectivity index (χ1) is 15.5. The highest BCUT2D eigenvalue weighted by molar-refractivity contribution is 7.87. The van der Waals surface area contributed by atoms with E-state index < -0.39 is 32.7 Å². The fourth-order valence-corrected chi connectivity index (χ4v) is 3.40. The summed E-state index contributed by atoms with van der Waals surface area (Å²) in [4.78, 5) is 26.5. The van der Waals surface area contributed by atoms with E-state index in [1.54, 1.807) is 40.7 Å². The molecule has 2 rings (SSSR count). The number of aliphatic hydroxyl groups excluding tert-OH is 1. The summed E-state index contributed by atoms with van der Waals surface area (Å²) in [5, 5.41) is 8.35. The monoisotopic (exact) mass is 504 g/mol. The lowest BCUT2D eigenvalue weighted by molar-refractivity contribution is 0.0303. The Morgan fingerprint density at radius 1 is 0.912 bits per heavy atom. The number of ether oxygens (including phenoxy) is 2. The Bertz CT molecular complexity index is 880. The fourth-order valence-electron chi connectivity index (χ4n) is 2.84. The number of carbonyl (C=O) groups is 2. The van der Waals surface area contributed by atoms with E-state index in [4.69, 9.17) is 18.8 Å². The minimum Gasteiger partial charge on any atom is -0.443 e. The van der Waals surface area contributed by atoms with Gasteiger partial charge in [0, 0.05) is 24.5 Å². The molecule has 0 aromatic heterocycles. The Labute approximate surface area is 203 Å². The Hall–Kier alpha value is -2.11. The van der Waals surface area contributed by atoms with E-state index in [0.29, 0.717) is 30.9 Å². The lowest BCUT2D eigenvalue weighted by atomic mass is 10.2. The normalized spacial score (nSPS) is 16.6. The molecule has 0 bridgehead atoms. The zero-order valence-corrected chi connectivity index (χ0v) is 22.4. The molecular weight excluding hydrogens is 464 g/mol. The molecule has 0 saturated carbocycles. The molecule has 0 atom stereocenters. The molecule has 0 unspecified atom stereocenters. The number of rotatable bonds is 5. The molecule has 0 radical (unpaired) electrons. The zero-order chi connectivity index (χ0) is 26.3. The lowest BCUT2D eigenvalue weighted by Gasteiger charge is -2.26. The van der Waals surface area contributed by atoms with Gasteiger partial charge in [0.1, 0.15) is 17.8 Å². The Morgan fingerprint density at radius 3 is 1.71 bits per heavy atom. The average Bonchev–Trinajstić information content (AvgIpc) is 3.33. The van der Waals surface area contributed by atoms with Gasteiger partial charge in [-0.1, -0.05) is 12.2 Å². The number of carbonyl (C=O) groups excluding carboxylic acids is 2. The zero-order valence-electron chi connectivity index (χ0n) is 21.6. The van der Waals surface area contributed by atoms with Crippen LogP contribution < -0.4 is 0 Å². The van der Waals surface area contributed by atoms with Crippen LogP contribution in [0.25, 0.3) is 0 Å². The van der Waals surface area contributed by atoms with Gasteiger partial charge in [-0.05, 0) is 68.2 Å². The molecule has 0 fully saturated rings. The van der Waals surface area contributed by atoms with Gasteiger partial charge in [0.15, 0.2) is 0 Å². The van der Waals surface area contributed by atoms with Crippen molar-refractivity contribution in [3.8, 4) is 0 Å². The van der Waals surface area contributed by atoms with Gasteiger partial charge in [0.05, 0.1) is 11.9 Å². The maximum Gasteiger partial charge on any atom is 0.414 e. The van der Waals surface area contributed by atoms with Crippen molar-refractivity contribution in [3.63, 3.8) is 0 Å². The Balaban J connectivity index is 0.000000362. The second-order valence-corrected chi connectivity index (χ2v) is 12.4. The lowest BCUT2D eigenvalue weighted by Crippen LogP contribution is -2.36. The van der Waals surface area contributed by atoms with E-state index in [9.17, 15) is 18.0 Å². The smallest absolute Gasteiger partial charge is 0.414 e. The first-order valence-corrected chi connectivity index (χ1v) is 12.8. The molecule has 1 N–H and O–H groups in total. The van der Waals surface area contributed by atoms with Crippen molar-refractivity contribution in [3.05, 3.63) is 23.5 Å². The summed E-state index contributed by atoms with van der Waals surface area (Å²) in [6.45, 7) is 14.7. The fraction of sp³-hybridized carbons (Fsp3) is 0.739. The van der Waals surface area contributed by atoms with Crippen molar-refractivity contribution in [1.82, 2.24) is 9.80 Å². The van der Waals surface area contributed by atoms with Crippen molar-refractivity contribution in [2.45, 2.75) is 84.7 Å². The number of hydrogen-bond acceptors (Lipinski definition) is 8. The molecule has 2 heterocycles. The maximum absolute atomic E-state index is 12.0. The van der Waals surface area contributed by atoms with Crippen LogP contribution in [-0.2, 0) is 23.8 Å². The molecule has 0 spiro atoms. The van der Waals surface area contributed by atoms with Crippen LogP contribution in [0, 0.1) is 0 Å². The maximum atomic E-state index is 12.0. The molecule has 10 nitrogen and oxygen atoms in total. The molecule has 0 saturated heterocycles. The highest BCUT2D eigenvalue weighted by atomic mass is 32.2. The van der Waals surface area contributed by atoms with Crippen LogP contribution in [0.15, 0.2) is 23.5 Å². The second kappa shape index (κ2) is 12.0. The molecule has 196 valence electrons. The molecule has 0 aliphatic carbocycles. The number of hydrogen-bond donors (Lipinski definition) is 1. The third-order valence-corrected chi connectivity index (χ3v) is 6.10. The van der Waals surface area contributed by atoms with Crippen molar-refractivity contribution < 1.29 is 36.8 Å². The van der Waals surface area contributed by atoms with Crippen molar-refractivity contribution in [2.75, 3.05) is 26.3 Å². The summed E-state index contributed by atoms with van der Waals surface area (Å²) in [7, 11) is -3.59. The highest BCUT2D eigenvalue weighted by Crippen LogP contribution is 2.21. The van der Waals surface area contributed by atoms with E-state index in [1.165, 1.54) is 9.80 Å². The van der Waals surface area contributed by atoms with Crippen molar-refractivity contribution >= 4 is 22.3 Å². The summed E-state index contributed by atoms with van der Waals surface area (Å²) in [6, 6.07) is 0. The van der Waals surface area contributed by atoms with Crippen molar-refractivity contribution in [1.29, 1.82) is 0 Å². The average molecular weight is 505 g/mol. The van der Waals surface area contributed by atoms with Crippen LogP contribution >= 0.6 is 0 Å². The summed E-state index contributed by atoms with van der Waals surface area (Å²) >= 11 is 0. The second-order valence-electron chi connectivity index (χ2n) is 10.2. The van der Waals surface area contributed by atoms with E-state index in [1.807, 2.05) is 26.8 Å². The first kappa shape index (κ1) is 29.9. The highest BCUT2D eigenvalue weighted by Gasteiger charge is 2.29. The van der Waals surface area contributed by atoms with Gasteiger partial charge in [-0.3, -0.25) is 14.0 Å². The van der Waals surface area contributed by atoms with E-state index in [2.05, 4.69) is 0 Å². The van der Waals surface area contributed by atoms with Gasteiger partial charge in [-0.25, -0.2) is 9.59 Å². The van der Waals surface area contributed by atoms with Gasteiger partial charge in [-0.15, -0.1) is 0 Å². The molecular formula is C23H40N2O8S. The molecule has 34 heavy (non-hydrogen) atoms. The van der Waals surface area contributed by atoms with E-state index >= 15 is 0 Å². The number of aliphatic hydroxyl groups is 1. The number of amides is 2. The Morgan fingerprint density at radius 2 is 1.32 bits per heavy atom. The summed E-state index contributed by atoms with van der Waals surface area (Å²) < 4.78 is 38.6. The molecule has 11 heteroatoms. The minimum absolute atomic E-state index is 0.112. The van der Waals surface area contributed by atoms with Crippen molar-refractivity contribution in [2.24, 2.45) is 0 Å². The third kappa shape index (κ3) is 10.0. The Kier molecular flexibility index (Phi) is 10.6. The molecule has 0 aromatic carbocycles. The van der Waals surface area contributed by atoms with Crippen LogP contribution in [0.4, 0.5) is 9.59 Å². The summed E-state index contributed by atoms with van der Waals surface area (Å²) in [6.07, 6.45) is 4.24. The van der Waals surface area contributed by atoms with Gasteiger partial charge in [0.25, 0.3) is 10.1 Å². The topological polar surface area (TPSA) is 123 Å². The van der Waals surface area contributed by atoms with E-state index in [-0.39, 0.29) is 19.3 Å². The van der Waals surface area contributed by atoms with Crippen LogP contribution in [-0.4, -0.2) is 78.3 Å². The van der Waals surface area contributed by atoms with E-state index in [0.717, 1.165) is 6.42 Å². The van der Waals surface area contributed by atoms with Crippen LogP contribution in [0.1, 0.15) is 68.2 Å². The van der Waals surface area contributed by atoms with Gasteiger partial charge in [0.2, 0.25) is 0 Å². The molecule has 2 amide bonds. The molecule has 0 aromatic rings. The predicted molar refractivity (Wildman–Crippen MR) is 128 cm³/mol. The van der Waals surface area contributed by atoms with Crippen LogP contribution in [0.5, 0.6) is 0 Å². The predicted octanol–water partition coefficient (Wildman–Crippen LogP) is 3.77. The quantitative estimate of drug-likeness (QED) is 0.562. The third-order valence-electron chi connectivity index (χ3n) is 4.50. The summed E-state index contributed by atoms with van der Waals surface area (Å²) in [5.74, 6) is 0. The van der Waals surface area contributed by atoms with Crippen LogP contribution in [0.2, 0.25) is 0 Å². The van der Waals surface area contributed by atoms with Gasteiger partial charge < -0.3 is 14.6 Å². The minimum atomic E-state index is -3.59. The molecule has 2 aliphatic heterocycles. The largest absolute Gasteiger partial charge is 0.443 e. The first-order valence-electron chi connectivity index (χ1n) is 11.3. The van der Waals surface area contributed by atoms with Gasteiger partial charge in [-0.2, -0.15) is 8.42 Å². The van der Waals surface area contributed by atoms with Crippen LogP contribution in [0.3, 0.4) is 0 Å². The summed E-state index contributed by atoms with van der Waals surface area (Å²) in [5.41, 5.74) is 0.0957. The number of nitrogens with zero attached hydrogens (tertiary/aromatic N) is 2. The SMILES string of the molecule is CC(C)(C)OC(=O)N1CCC=C1CO.CC(C)S(=O)(=O)OCC1=CCCN1C(=O)OC(C)(C)C. The molecule has 2 aliphatic rings. The standard InChI is InChI=1S/C13H23NO5S.C10H17NO3/c1-10(2)20(16,17)18-9-11-7-6-8-14(11)12(15)19-13(3,4)5;1-10(2,3)14-9(13)11-6-4-5-8(11)7-12/h7,10H,6,8-9H2,1-5H3;5,12H,4,6-7H2,1-3H3.